The Kier molecular flexibility index (Phi) is 4.19. The Morgan fingerprint density at radius 2 is 1.86 bits per heavy atom. The largest absolute Gasteiger partial charge is 0.356 e. The van der Waals surface area contributed by atoms with Gasteiger partial charge in [0.2, 0.25) is 0 Å². The van der Waals surface area contributed by atoms with Crippen molar-refractivity contribution in [3.05, 3.63) is 60.4 Å². The molecular weight excluding hydrogens is 353 g/mol. The number of piperidine rings is 1. The fourth-order valence-corrected chi connectivity index (χ4v) is 4.35. The van der Waals surface area contributed by atoms with E-state index in [-0.39, 0.29) is 5.82 Å². The summed E-state index contributed by atoms with van der Waals surface area (Å²) in [5.74, 6) is 1.72. The van der Waals surface area contributed by atoms with Crippen molar-refractivity contribution in [3.63, 3.8) is 0 Å². The highest BCUT2D eigenvalue weighted by Crippen LogP contribution is 2.32. The topological polar surface area (TPSA) is 46.8 Å². The number of imidazole rings is 1. The highest BCUT2D eigenvalue weighted by molar-refractivity contribution is 5.89. The van der Waals surface area contributed by atoms with Gasteiger partial charge in [-0.05, 0) is 43.2 Å². The molecule has 0 aliphatic carbocycles. The third kappa shape index (κ3) is 2.80. The molecule has 1 aliphatic rings. The van der Waals surface area contributed by atoms with Crippen LogP contribution >= 0.6 is 0 Å². The van der Waals surface area contributed by atoms with E-state index in [9.17, 15) is 4.39 Å². The second kappa shape index (κ2) is 6.86. The van der Waals surface area contributed by atoms with E-state index >= 15 is 0 Å². The molecule has 28 heavy (non-hydrogen) atoms. The lowest BCUT2D eigenvalue weighted by Crippen LogP contribution is -2.35. The summed E-state index contributed by atoms with van der Waals surface area (Å²) in [4.78, 5) is 15.8. The quantitative estimate of drug-likeness (QED) is 0.528. The van der Waals surface area contributed by atoms with E-state index in [1.54, 1.807) is 12.4 Å². The standard InChI is InChI=1S/C22H22FN5/c1-2-21-26-19-5-3-4-6-20(19)28(21)16-9-11-27(12-10-16)22-17-13-15(23)7-8-18(17)24-14-25-22/h3-8,13-14,16H,2,9-12H2,1H3. The molecule has 0 spiro atoms. The van der Waals surface area contributed by atoms with Gasteiger partial charge in [0.15, 0.2) is 0 Å². The molecule has 0 atom stereocenters. The highest BCUT2D eigenvalue weighted by atomic mass is 19.1. The van der Waals surface area contributed by atoms with E-state index in [4.69, 9.17) is 4.98 Å². The summed E-state index contributed by atoms with van der Waals surface area (Å²) in [6, 6.07) is 13.5. The van der Waals surface area contributed by atoms with E-state index in [2.05, 4.69) is 44.6 Å². The second-order valence-corrected chi connectivity index (χ2v) is 7.32. The number of rotatable bonds is 3. The maximum atomic E-state index is 13.8. The minimum atomic E-state index is -0.254. The summed E-state index contributed by atoms with van der Waals surface area (Å²) in [5, 5.41) is 0.781. The number of benzene rings is 2. The van der Waals surface area contributed by atoms with Crippen LogP contribution in [0, 0.1) is 5.82 Å². The maximum absolute atomic E-state index is 13.8. The molecule has 0 bridgehead atoms. The van der Waals surface area contributed by atoms with Gasteiger partial charge in [0, 0.05) is 30.9 Å². The number of hydrogen-bond donors (Lipinski definition) is 0. The molecule has 5 nitrogen and oxygen atoms in total. The second-order valence-electron chi connectivity index (χ2n) is 7.32. The molecule has 5 rings (SSSR count). The van der Waals surface area contributed by atoms with Crippen LogP contribution in [0.25, 0.3) is 21.9 Å². The van der Waals surface area contributed by atoms with Gasteiger partial charge >= 0.3 is 0 Å². The van der Waals surface area contributed by atoms with Gasteiger partial charge in [0.05, 0.1) is 16.6 Å². The fraction of sp³-hybridized carbons (Fsp3) is 0.318. The molecule has 4 aromatic rings. The average molecular weight is 375 g/mol. The Bertz CT molecular complexity index is 1140. The number of aromatic nitrogens is 4. The van der Waals surface area contributed by atoms with Gasteiger partial charge in [-0.1, -0.05) is 19.1 Å². The van der Waals surface area contributed by atoms with Crippen LogP contribution in [-0.2, 0) is 6.42 Å². The molecule has 2 aromatic heterocycles. The van der Waals surface area contributed by atoms with Crippen LogP contribution in [0.2, 0.25) is 0 Å². The predicted octanol–water partition coefficient (Wildman–Crippen LogP) is 4.52. The SMILES string of the molecule is CCc1nc2ccccc2n1C1CCN(c2ncnc3ccc(F)cc23)CC1. The molecule has 0 amide bonds. The van der Waals surface area contributed by atoms with Gasteiger partial charge in [-0.15, -0.1) is 0 Å². The summed E-state index contributed by atoms with van der Waals surface area (Å²) >= 11 is 0. The Morgan fingerprint density at radius 1 is 1.04 bits per heavy atom. The highest BCUT2D eigenvalue weighted by Gasteiger charge is 2.25. The Morgan fingerprint density at radius 3 is 2.68 bits per heavy atom. The monoisotopic (exact) mass is 375 g/mol. The molecule has 2 aromatic carbocycles. The van der Waals surface area contributed by atoms with Crippen LogP contribution in [0.15, 0.2) is 48.8 Å². The zero-order valence-electron chi connectivity index (χ0n) is 15.8. The number of nitrogens with zero attached hydrogens (tertiary/aromatic N) is 5. The summed E-state index contributed by atoms with van der Waals surface area (Å²) < 4.78 is 16.2. The van der Waals surface area contributed by atoms with Crippen molar-refractivity contribution in [1.29, 1.82) is 0 Å². The first-order valence-electron chi connectivity index (χ1n) is 9.85. The molecule has 3 heterocycles. The van der Waals surface area contributed by atoms with Crippen molar-refractivity contribution in [3.8, 4) is 0 Å². The first kappa shape index (κ1) is 17.1. The van der Waals surface area contributed by atoms with Gasteiger partial charge in [0.25, 0.3) is 0 Å². The fourth-order valence-electron chi connectivity index (χ4n) is 4.35. The number of halogens is 1. The Balaban J connectivity index is 1.44. The van der Waals surface area contributed by atoms with Gasteiger partial charge in [-0.3, -0.25) is 0 Å². The Labute approximate surface area is 162 Å². The van der Waals surface area contributed by atoms with Gasteiger partial charge in [-0.25, -0.2) is 19.3 Å². The Hall–Kier alpha value is -3.02. The van der Waals surface area contributed by atoms with Crippen LogP contribution in [0.4, 0.5) is 10.2 Å². The lowest BCUT2D eigenvalue weighted by molar-refractivity contribution is 0.394. The van der Waals surface area contributed by atoms with Crippen molar-refractivity contribution in [2.75, 3.05) is 18.0 Å². The molecule has 1 aliphatic heterocycles. The number of aryl methyl sites for hydroxylation is 1. The maximum Gasteiger partial charge on any atom is 0.139 e. The smallest absolute Gasteiger partial charge is 0.139 e. The molecule has 6 heteroatoms. The number of fused-ring (bicyclic) bond motifs is 2. The van der Waals surface area contributed by atoms with Crippen molar-refractivity contribution in [2.24, 2.45) is 0 Å². The van der Waals surface area contributed by atoms with Crippen molar-refractivity contribution >= 4 is 27.8 Å². The minimum absolute atomic E-state index is 0.254. The number of hydrogen-bond acceptors (Lipinski definition) is 4. The van der Waals surface area contributed by atoms with Gasteiger partial charge in [-0.2, -0.15) is 0 Å². The summed E-state index contributed by atoms with van der Waals surface area (Å²) in [7, 11) is 0. The molecule has 1 fully saturated rings. The van der Waals surface area contributed by atoms with E-state index in [0.717, 1.165) is 60.4 Å². The van der Waals surface area contributed by atoms with E-state index < -0.39 is 0 Å². The van der Waals surface area contributed by atoms with E-state index in [1.807, 2.05) is 6.07 Å². The van der Waals surface area contributed by atoms with Gasteiger partial charge < -0.3 is 9.47 Å². The van der Waals surface area contributed by atoms with E-state index in [1.165, 1.54) is 17.6 Å². The lowest BCUT2D eigenvalue weighted by Gasteiger charge is -2.34. The first-order valence-corrected chi connectivity index (χ1v) is 9.85. The predicted molar refractivity (Wildman–Crippen MR) is 109 cm³/mol. The lowest BCUT2D eigenvalue weighted by atomic mass is 10.0. The normalized spacial score (nSPS) is 15.6. The van der Waals surface area contributed by atoms with Crippen molar-refractivity contribution in [2.45, 2.75) is 32.2 Å². The molecule has 1 saturated heterocycles. The molecule has 0 saturated carbocycles. The summed E-state index contributed by atoms with van der Waals surface area (Å²) in [5.41, 5.74) is 3.06. The minimum Gasteiger partial charge on any atom is -0.356 e. The van der Waals surface area contributed by atoms with Gasteiger partial charge in [0.1, 0.15) is 23.8 Å². The summed E-state index contributed by atoms with van der Waals surface area (Å²) in [6.07, 6.45) is 4.51. The van der Waals surface area contributed by atoms with Crippen LogP contribution in [0.3, 0.4) is 0 Å². The summed E-state index contributed by atoms with van der Waals surface area (Å²) in [6.45, 7) is 3.92. The van der Waals surface area contributed by atoms with Crippen LogP contribution in [0.1, 0.15) is 31.6 Å². The number of para-hydroxylation sites is 2. The third-order valence-corrected chi connectivity index (χ3v) is 5.69. The van der Waals surface area contributed by atoms with Crippen molar-refractivity contribution < 1.29 is 4.39 Å². The average Bonchev–Trinajstić information content (AvgIpc) is 3.12. The molecular formula is C22H22FN5. The molecule has 0 unspecified atom stereocenters. The third-order valence-electron chi connectivity index (χ3n) is 5.69. The zero-order valence-corrected chi connectivity index (χ0v) is 15.8. The molecule has 0 N–H and O–H groups in total. The zero-order chi connectivity index (χ0) is 19.1. The van der Waals surface area contributed by atoms with E-state index in [0.29, 0.717) is 6.04 Å². The first-order chi connectivity index (χ1) is 13.7. The molecule has 0 radical (unpaired) electrons. The molecule has 142 valence electrons. The van der Waals surface area contributed by atoms with Crippen LogP contribution in [-0.4, -0.2) is 32.6 Å². The van der Waals surface area contributed by atoms with Crippen molar-refractivity contribution in [1.82, 2.24) is 19.5 Å². The number of anilines is 1. The van der Waals surface area contributed by atoms with Crippen LogP contribution in [0.5, 0.6) is 0 Å². The van der Waals surface area contributed by atoms with Crippen LogP contribution < -0.4 is 4.90 Å².